The maximum atomic E-state index is 14.7. The number of amides is 2. The first-order chi connectivity index (χ1) is 17.8. The van der Waals surface area contributed by atoms with E-state index < -0.39 is 11.7 Å². The number of halogens is 1. The molecule has 10 heteroatoms. The molecule has 7 nitrogen and oxygen atoms in total. The summed E-state index contributed by atoms with van der Waals surface area (Å²) in [7, 11) is 0. The lowest BCUT2D eigenvalue weighted by Crippen LogP contribution is -2.39. The van der Waals surface area contributed by atoms with Crippen molar-refractivity contribution in [3.8, 4) is 22.6 Å². The fourth-order valence-corrected chi connectivity index (χ4v) is 5.41. The summed E-state index contributed by atoms with van der Waals surface area (Å²) < 4.78 is 21.2. The van der Waals surface area contributed by atoms with Gasteiger partial charge in [0.2, 0.25) is 5.91 Å². The van der Waals surface area contributed by atoms with Crippen LogP contribution in [0.3, 0.4) is 0 Å². The van der Waals surface area contributed by atoms with Crippen LogP contribution in [-0.2, 0) is 4.79 Å². The predicted octanol–water partition coefficient (Wildman–Crippen LogP) is 5.73. The van der Waals surface area contributed by atoms with Gasteiger partial charge in [-0.05, 0) is 60.5 Å². The fraction of sp³-hybridized carbons (Fsp3) is 0.185. The first-order valence-corrected chi connectivity index (χ1v) is 12.9. The molecule has 0 bridgehead atoms. The van der Waals surface area contributed by atoms with Crippen LogP contribution in [0, 0.1) is 5.82 Å². The monoisotopic (exact) mass is 534 g/mol. The van der Waals surface area contributed by atoms with Gasteiger partial charge in [0.1, 0.15) is 5.75 Å². The summed E-state index contributed by atoms with van der Waals surface area (Å²) in [4.78, 5) is 32.2. The zero-order valence-corrected chi connectivity index (χ0v) is 21.6. The Morgan fingerprint density at radius 3 is 2.38 bits per heavy atom. The van der Waals surface area contributed by atoms with Crippen LogP contribution in [0.5, 0.6) is 11.5 Å². The molecule has 2 amide bonds. The number of hydrogen-bond donors (Lipinski definition) is 1. The van der Waals surface area contributed by atoms with E-state index in [-0.39, 0.29) is 22.5 Å². The highest BCUT2D eigenvalue weighted by Gasteiger charge is 2.23. The number of aromatic nitrogens is 1. The van der Waals surface area contributed by atoms with Crippen LogP contribution in [0.4, 0.5) is 10.1 Å². The Labute approximate surface area is 222 Å². The van der Waals surface area contributed by atoms with Gasteiger partial charge in [-0.25, -0.2) is 4.39 Å². The van der Waals surface area contributed by atoms with Crippen molar-refractivity contribution in [3.05, 3.63) is 71.5 Å². The number of likely N-dealkylation sites (tertiary alicyclic amines) is 1. The molecular weight excluding hydrogens is 511 g/mol. The van der Waals surface area contributed by atoms with Crippen molar-refractivity contribution < 1.29 is 18.7 Å². The van der Waals surface area contributed by atoms with Crippen LogP contribution in [0.2, 0.25) is 0 Å². The number of fused-ring (bicyclic) bond motifs is 2. The molecule has 3 heterocycles. The highest BCUT2D eigenvalue weighted by Crippen LogP contribution is 2.37. The Balaban J connectivity index is 0.000000403. The number of rotatable bonds is 4. The highest BCUT2D eigenvalue weighted by molar-refractivity contribution is 7.80. The third-order valence-corrected chi connectivity index (χ3v) is 7.33. The number of nitrogens with two attached hydrogens (primary N) is 1. The van der Waals surface area contributed by atoms with Gasteiger partial charge in [-0.3, -0.25) is 19.5 Å². The molecule has 188 valence electrons. The molecule has 1 saturated heterocycles. The molecule has 0 atom stereocenters. The van der Waals surface area contributed by atoms with Crippen LogP contribution >= 0.6 is 23.6 Å². The summed E-state index contributed by atoms with van der Waals surface area (Å²) in [6, 6.07) is 15.9. The molecule has 3 aliphatic rings. The molecule has 0 spiro atoms. The average molecular weight is 535 g/mol. The molecule has 2 aromatic heterocycles. The maximum absolute atomic E-state index is 14.7. The molecule has 3 aromatic rings. The van der Waals surface area contributed by atoms with E-state index >= 15 is 0 Å². The van der Waals surface area contributed by atoms with Crippen molar-refractivity contribution in [3.63, 3.8) is 0 Å². The van der Waals surface area contributed by atoms with Crippen molar-refractivity contribution >= 4 is 56.4 Å². The van der Waals surface area contributed by atoms with Gasteiger partial charge in [-0.1, -0.05) is 18.2 Å². The number of thiocarbonyl (C=S) groups is 1. The standard InChI is InChI=1S/C21H19FN4O3S2.C6H4/c1-12(27)26(21(23)30)13-4-5-16(14(22)10-13)29-17-6-7-24-15-11-18(31-19(15)17)20(28)25-8-2-3-9-25;1-2-5-4-6(5)3-1/h4-7,10-11H,2-3,8-9H2,1H3,(H2,23,30);1-4H. The Morgan fingerprint density at radius 2 is 1.81 bits per heavy atom. The van der Waals surface area contributed by atoms with Gasteiger partial charge in [-0.2, -0.15) is 0 Å². The fourth-order valence-electron chi connectivity index (χ4n) is 4.15. The van der Waals surface area contributed by atoms with Gasteiger partial charge >= 0.3 is 0 Å². The van der Waals surface area contributed by atoms with Crippen molar-refractivity contribution in [2.24, 2.45) is 5.73 Å². The van der Waals surface area contributed by atoms with Gasteiger partial charge in [0.25, 0.3) is 5.91 Å². The van der Waals surface area contributed by atoms with E-state index in [9.17, 15) is 14.0 Å². The van der Waals surface area contributed by atoms with Crippen LogP contribution in [0.15, 0.2) is 60.8 Å². The average Bonchev–Trinajstić information content (AvgIpc) is 3.31. The second-order valence-electron chi connectivity index (χ2n) is 8.62. The molecular formula is C27H23FN4O3S2. The number of carbonyl (C=O) groups is 2. The predicted molar refractivity (Wildman–Crippen MR) is 147 cm³/mol. The minimum atomic E-state index is -0.685. The molecule has 2 aliphatic carbocycles. The first kappa shape index (κ1) is 24.8. The molecule has 37 heavy (non-hydrogen) atoms. The Kier molecular flexibility index (Phi) is 6.86. The molecule has 1 aromatic carbocycles. The molecule has 6 rings (SSSR count). The van der Waals surface area contributed by atoms with E-state index in [0.29, 0.717) is 20.8 Å². The molecule has 1 fully saturated rings. The minimum Gasteiger partial charge on any atom is -0.453 e. The lowest BCUT2D eigenvalue weighted by Gasteiger charge is -2.19. The summed E-state index contributed by atoms with van der Waals surface area (Å²) in [6.45, 7) is 2.79. The highest BCUT2D eigenvalue weighted by atomic mass is 32.1. The van der Waals surface area contributed by atoms with Crippen LogP contribution in [0.1, 0.15) is 29.4 Å². The van der Waals surface area contributed by atoms with Crippen molar-refractivity contribution in [2.75, 3.05) is 18.0 Å². The summed E-state index contributed by atoms with van der Waals surface area (Å²) in [5.41, 5.74) is 9.23. The Hall–Kier alpha value is -3.89. The summed E-state index contributed by atoms with van der Waals surface area (Å²) >= 11 is 6.14. The SMILES string of the molecule is CC(=O)N(C(N)=S)c1ccc(Oc2ccnc3cc(C(=O)N4CCCC4)sc23)c(F)c1.c1cc2cc-2c1. The number of hydrogen-bond acceptors (Lipinski definition) is 6. The zero-order valence-electron chi connectivity index (χ0n) is 19.9. The van der Waals surface area contributed by atoms with Crippen molar-refractivity contribution in [2.45, 2.75) is 19.8 Å². The van der Waals surface area contributed by atoms with Crippen molar-refractivity contribution in [1.29, 1.82) is 0 Å². The van der Waals surface area contributed by atoms with E-state index in [4.69, 9.17) is 22.7 Å². The smallest absolute Gasteiger partial charge is 0.264 e. The summed E-state index contributed by atoms with van der Waals surface area (Å²) in [6.07, 6.45) is 3.56. The molecule has 0 saturated carbocycles. The minimum absolute atomic E-state index is 0.0240. The number of benzene rings is 2. The number of carbonyl (C=O) groups excluding carboxylic acids is 2. The van der Waals surface area contributed by atoms with Gasteiger partial charge in [0.15, 0.2) is 16.7 Å². The van der Waals surface area contributed by atoms with Gasteiger partial charge < -0.3 is 15.4 Å². The Bertz CT molecular complexity index is 1500. The van der Waals surface area contributed by atoms with E-state index in [1.165, 1.54) is 41.5 Å². The molecule has 0 unspecified atom stereocenters. The number of anilines is 1. The second kappa shape index (κ2) is 10.2. The van der Waals surface area contributed by atoms with E-state index in [2.05, 4.69) is 29.2 Å². The molecule has 0 radical (unpaired) electrons. The second-order valence-corrected chi connectivity index (χ2v) is 10.1. The summed E-state index contributed by atoms with van der Waals surface area (Å²) in [5, 5.41) is -0.176. The van der Waals surface area contributed by atoms with E-state index in [0.717, 1.165) is 36.9 Å². The van der Waals surface area contributed by atoms with Gasteiger partial charge in [0, 0.05) is 38.3 Å². The Morgan fingerprint density at radius 1 is 1.08 bits per heavy atom. The van der Waals surface area contributed by atoms with E-state index in [1.54, 1.807) is 18.3 Å². The third-order valence-electron chi connectivity index (χ3n) is 6.02. The van der Waals surface area contributed by atoms with Crippen LogP contribution < -0.4 is 15.4 Å². The number of thiophene rings is 1. The van der Waals surface area contributed by atoms with Gasteiger partial charge in [-0.15, -0.1) is 11.3 Å². The first-order valence-electron chi connectivity index (χ1n) is 11.7. The summed E-state index contributed by atoms with van der Waals surface area (Å²) in [5.74, 6) is -0.785. The van der Waals surface area contributed by atoms with Crippen LogP contribution in [0.25, 0.3) is 21.3 Å². The van der Waals surface area contributed by atoms with Crippen LogP contribution in [-0.4, -0.2) is 39.9 Å². The molecule has 1 aliphatic heterocycles. The lowest BCUT2D eigenvalue weighted by atomic mass is 10.2. The number of pyridine rings is 1. The topological polar surface area (TPSA) is 88.8 Å². The van der Waals surface area contributed by atoms with Crippen molar-refractivity contribution in [1.82, 2.24) is 9.88 Å². The number of ether oxygens (including phenoxy) is 1. The zero-order chi connectivity index (χ0) is 26.1. The largest absolute Gasteiger partial charge is 0.453 e. The molecule has 2 N–H and O–H groups in total. The van der Waals surface area contributed by atoms with E-state index in [1.807, 2.05) is 4.90 Å². The maximum Gasteiger partial charge on any atom is 0.264 e. The van der Waals surface area contributed by atoms with Gasteiger partial charge in [0.05, 0.1) is 20.8 Å². The quantitative estimate of drug-likeness (QED) is 0.297. The number of nitrogens with zero attached hydrogens (tertiary/aromatic N) is 3. The normalized spacial score (nSPS) is 13.1. The third kappa shape index (κ3) is 5.30. The lowest BCUT2D eigenvalue weighted by molar-refractivity contribution is -0.115.